The Morgan fingerprint density at radius 3 is 2.25 bits per heavy atom. The smallest absolute Gasteiger partial charge is 0.399 e. The van der Waals surface area contributed by atoms with Gasteiger partial charge in [-0.2, -0.15) is 0 Å². The minimum absolute atomic E-state index is 0.316. The van der Waals surface area contributed by atoms with Crippen LogP contribution in [0, 0.1) is 0 Å². The summed E-state index contributed by atoms with van der Waals surface area (Å²) in [6.45, 7) is 16.6. The molecule has 2 saturated heterocycles. The summed E-state index contributed by atoms with van der Waals surface area (Å²) in [5, 5.41) is 0. The molecule has 2 atom stereocenters. The second-order valence-corrected chi connectivity index (χ2v) is 9.85. The number of anilines is 1. The molecule has 0 radical (unpaired) electrons. The van der Waals surface area contributed by atoms with E-state index in [0.717, 1.165) is 30.9 Å². The minimum atomic E-state index is -0.377. The molecule has 0 amide bonds. The van der Waals surface area contributed by atoms with E-state index in [1.54, 1.807) is 14.2 Å². The first kappa shape index (κ1) is 25.4. The number of aromatic nitrogens is 1. The fourth-order valence-corrected chi connectivity index (χ4v) is 4.30. The first-order valence-corrected chi connectivity index (χ1v) is 11.5. The Hall–Kier alpha value is -1.23. The van der Waals surface area contributed by atoms with Gasteiger partial charge in [0.1, 0.15) is 5.82 Å². The zero-order valence-corrected chi connectivity index (χ0v) is 21.0. The minimum Gasteiger partial charge on any atom is -0.399 e. The highest BCUT2D eigenvalue weighted by Crippen LogP contribution is 2.36. The van der Waals surface area contributed by atoms with E-state index in [1.807, 2.05) is 12.3 Å². The van der Waals surface area contributed by atoms with Gasteiger partial charge in [0.05, 0.1) is 24.4 Å². The number of piperazine rings is 1. The van der Waals surface area contributed by atoms with E-state index in [1.165, 1.54) is 0 Å². The lowest BCUT2D eigenvalue weighted by molar-refractivity contribution is -0.141. The summed E-state index contributed by atoms with van der Waals surface area (Å²) in [5.74, 6) is 0.967. The van der Waals surface area contributed by atoms with Gasteiger partial charge >= 0.3 is 7.12 Å². The highest BCUT2D eigenvalue weighted by atomic mass is 16.7. The van der Waals surface area contributed by atoms with Crippen molar-refractivity contribution in [2.45, 2.75) is 71.1 Å². The van der Waals surface area contributed by atoms with Crippen molar-refractivity contribution in [3.05, 3.63) is 18.3 Å². The molecule has 0 N–H and O–H groups in total. The van der Waals surface area contributed by atoms with E-state index in [9.17, 15) is 0 Å². The average Bonchev–Trinajstić information content (AvgIpc) is 2.97. The molecule has 0 saturated carbocycles. The van der Waals surface area contributed by atoms with Gasteiger partial charge in [0.15, 0.2) is 6.29 Å². The van der Waals surface area contributed by atoms with Crippen molar-refractivity contribution < 1.29 is 23.5 Å². The van der Waals surface area contributed by atoms with Gasteiger partial charge in [-0.3, -0.25) is 4.90 Å². The normalized spacial score (nSPS) is 25.7. The van der Waals surface area contributed by atoms with Crippen molar-refractivity contribution in [3.8, 4) is 0 Å². The summed E-state index contributed by atoms with van der Waals surface area (Å²) < 4.78 is 28.6. The maximum absolute atomic E-state index is 6.23. The number of ether oxygens (including phenoxy) is 3. The Kier molecular flexibility index (Phi) is 8.23. The Morgan fingerprint density at radius 1 is 1.09 bits per heavy atom. The molecule has 8 nitrogen and oxygen atoms in total. The van der Waals surface area contributed by atoms with Crippen molar-refractivity contribution in [3.63, 3.8) is 0 Å². The summed E-state index contributed by atoms with van der Waals surface area (Å²) in [6, 6.07) is 4.85. The lowest BCUT2D eigenvalue weighted by atomic mass is 9.79. The van der Waals surface area contributed by atoms with Gasteiger partial charge in [-0.05, 0) is 59.1 Å². The van der Waals surface area contributed by atoms with Gasteiger partial charge in [0.25, 0.3) is 0 Å². The lowest BCUT2D eigenvalue weighted by Crippen LogP contribution is -2.57. The highest BCUT2D eigenvalue weighted by Gasteiger charge is 2.51. The molecule has 1 aromatic heterocycles. The maximum Gasteiger partial charge on any atom is 0.495 e. The Bertz CT molecular complexity index is 718. The van der Waals surface area contributed by atoms with Crippen LogP contribution in [-0.4, -0.2) is 93.6 Å². The summed E-state index contributed by atoms with van der Waals surface area (Å²) in [4.78, 5) is 9.50. The van der Waals surface area contributed by atoms with Gasteiger partial charge in [-0.25, -0.2) is 4.98 Å². The number of methoxy groups -OCH3 is 2. The standard InChI is InChI=1S/C23H40BN3O5/c1-17-14-26(15-18(2)27(17)11-12-30-16-21(28-7)29-8)20-13-19(9-10-25-20)24-31-22(3,4)23(5,6)32-24/h9-10,13,17-18,21H,11-12,14-16H2,1-8H3. The van der Waals surface area contributed by atoms with Gasteiger partial charge < -0.3 is 28.4 Å². The van der Waals surface area contributed by atoms with E-state index >= 15 is 0 Å². The molecule has 3 heterocycles. The largest absolute Gasteiger partial charge is 0.495 e. The van der Waals surface area contributed by atoms with E-state index in [0.29, 0.717) is 25.3 Å². The molecular weight excluding hydrogens is 409 g/mol. The van der Waals surface area contributed by atoms with Crippen LogP contribution in [0.1, 0.15) is 41.5 Å². The van der Waals surface area contributed by atoms with Crippen molar-refractivity contribution in [2.24, 2.45) is 0 Å². The number of hydrogen-bond donors (Lipinski definition) is 0. The van der Waals surface area contributed by atoms with Gasteiger partial charge in [0.2, 0.25) is 0 Å². The van der Waals surface area contributed by atoms with Crippen LogP contribution in [0.4, 0.5) is 5.82 Å². The third-order valence-electron chi connectivity index (χ3n) is 6.99. The summed E-state index contributed by atoms with van der Waals surface area (Å²) in [6.07, 6.45) is 1.54. The monoisotopic (exact) mass is 449 g/mol. The summed E-state index contributed by atoms with van der Waals surface area (Å²) in [7, 11) is 2.87. The SMILES string of the molecule is COC(COCCN1C(C)CN(c2cc(B3OC(C)(C)C(C)(C)O3)ccn2)CC1C)OC. The summed E-state index contributed by atoms with van der Waals surface area (Å²) in [5.41, 5.74) is 0.296. The molecule has 2 unspecified atom stereocenters. The average molecular weight is 449 g/mol. The predicted molar refractivity (Wildman–Crippen MR) is 126 cm³/mol. The molecule has 0 aliphatic carbocycles. The van der Waals surface area contributed by atoms with Crippen molar-refractivity contribution in [1.82, 2.24) is 9.88 Å². The van der Waals surface area contributed by atoms with E-state index < -0.39 is 0 Å². The third-order valence-corrected chi connectivity index (χ3v) is 6.99. The molecule has 180 valence electrons. The topological polar surface area (TPSA) is 65.5 Å². The van der Waals surface area contributed by atoms with Gasteiger partial charge in [0, 0.05) is 52.1 Å². The molecule has 9 heteroatoms. The molecule has 1 aromatic rings. The molecule has 0 bridgehead atoms. The molecule has 2 fully saturated rings. The first-order chi connectivity index (χ1) is 15.1. The van der Waals surface area contributed by atoms with Crippen LogP contribution in [0.3, 0.4) is 0 Å². The van der Waals surface area contributed by atoms with E-state index in [4.69, 9.17) is 23.5 Å². The fraction of sp³-hybridized carbons (Fsp3) is 0.783. The van der Waals surface area contributed by atoms with Crippen molar-refractivity contribution >= 4 is 18.4 Å². The number of rotatable bonds is 9. The van der Waals surface area contributed by atoms with Gasteiger partial charge in [-0.15, -0.1) is 0 Å². The van der Waals surface area contributed by atoms with Crippen LogP contribution in [-0.2, 0) is 23.5 Å². The maximum atomic E-state index is 6.23. The zero-order valence-electron chi connectivity index (χ0n) is 21.0. The Balaban J connectivity index is 1.58. The fourth-order valence-electron chi connectivity index (χ4n) is 4.30. The third kappa shape index (κ3) is 5.63. The highest BCUT2D eigenvalue weighted by molar-refractivity contribution is 6.62. The van der Waals surface area contributed by atoms with Crippen LogP contribution >= 0.6 is 0 Å². The predicted octanol–water partition coefficient (Wildman–Crippen LogP) is 1.92. The number of hydrogen-bond acceptors (Lipinski definition) is 8. The van der Waals surface area contributed by atoms with Crippen LogP contribution < -0.4 is 10.4 Å². The lowest BCUT2D eigenvalue weighted by Gasteiger charge is -2.45. The zero-order chi connectivity index (χ0) is 23.5. The Morgan fingerprint density at radius 2 is 1.69 bits per heavy atom. The molecule has 2 aliphatic rings. The molecule has 3 rings (SSSR count). The van der Waals surface area contributed by atoms with E-state index in [2.05, 4.69) is 62.4 Å². The quantitative estimate of drug-likeness (QED) is 0.322. The van der Waals surface area contributed by atoms with Crippen LogP contribution in [0.5, 0.6) is 0 Å². The van der Waals surface area contributed by atoms with Crippen molar-refractivity contribution in [1.29, 1.82) is 0 Å². The number of pyridine rings is 1. The van der Waals surface area contributed by atoms with Crippen LogP contribution in [0.25, 0.3) is 0 Å². The second-order valence-electron chi connectivity index (χ2n) is 9.85. The molecular formula is C23H40BN3O5. The molecule has 0 aromatic carbocycles. The van der Waals surface area contributed by atoms with E-state index in [-0.39, 0.29) is 24.6 Å². The number of nitrogens with zero attached hydrogens (tertiary/aromatic N) is 3. The second kappa shape index (κ2) is 10.4. The van der Waals surface area contributed by atoms with Crippen LogP contribution in [0.2, 0.25) is 0 Å². The summed E-state index contributed by atoms with van der Waals surface area (Å²) >= 11 is 0. The molecule has 32 heavy (non-hydrogen) atoms. The van der Waals surface area contributed by atoms with Crippen LogP contribution in [0.15, 0.2) is 18.3 Å². The Labute approximate surface area is 193 Å². The first-order valence-electron chi connectivity index (χ1n) is 11.5. The molecule has 2 aliphatic heterocycles. The van der Waals surface area contributed by atoms with Gasteiger partial charge in [-0.1, -0.05) is 0 Å². The van der Waals surface area contributed by atoms with Crippen molar-refractivity contribution in [2.75, 3.05) is 52.0 Å². The molecule has 0 spiro atoms.